The number of halogens is 2. The van der Waals surface area contributed by atoms with E-state index in [2.05, 4.69) is 4.90 Å². The van der Waals surface area contributed by atoms with Crippen molar-refractivity contribution in [3.8, 4) is 0 Å². The highest BCUT2D eigenvalue weighted by atomic mass is 19.2. The summed E-state index contributed by atoms with van der Waals surface area (Å²) < 4.78 is 25.9. The van der Waals surface area contributed by atoms with Crippen molar-refractivity contribution in [3.05, 3.63) is 35.4 Å². The SMILES string of the molecule is NCCC1CCN(Cc2ccc(F)c(F)c2)CC1. The minimum Gasteiger partial charge on any atom is -0.330 e. The predicted molar refractivity (Wildman–Crippen MR) is 68.0 cm³/mol. The highest BCUT2D eigenvalue weighted by molar-refractivity contribution is 5.17. The van der Waals surface area contributed by atoms with Crippen molar-refractivity contribution in [3.63, 3.8) is 0 Å². The van der Waals surface area contributed by atoms with E-state index in [1.807, 2.05) is 0 Å². The molecule has 1 fully saturated rings. The molecule has 1 aliphatic heterocycles. The first-order chi connectivity index (χ1) is 8.69. The first-order valence-electron chi connectivity index (χ1n) is 6.55. The third kappa shape index (κ3) is 3.50. The van der Waals surface area contributed by atoms with E-state index in [0.29, 0.717) is 6.54 Å². The van der Waals surface area contributed by atoms with E-state index in [1.54, 1.807) is 6.07 Å². The molecule has 1 aliphatic rings. The predicted octanol–water partition coefficient (Wildman–Crippen LogP) is 2.53. The molecule has 2 N–H and O–H groups in total. The summed E-state index contributed by atoms with van der Waals surface area (Å²) in [6, 6.07) is 4.15. The second-order valence-corrected chi connectivity index (χ2v) is 5.05. The van der Waals surface area contributed by atoms with E-state index in [1.165, 1.54) is 12.1 Å². The van der Waals surface area contributed by atoms with E-state index in [9.17, 15) is 8.78 Å². The summed E-state index contributed by atoms with van der Waals surface area (Å²) in [6.07, 6.45) is 3.40. The quantitative estimate of drug-likeness (QED) is 0.894. The highest BCUT2D eigenvalue weighted by Crippen LogP contribution is 2.21. The van der Waals surface area contributed by atoms with Crippen LogP contribution < -0.4 is 5.73 Å². The maximum atomic E-state index is 13.1. The van der Waals surface area contributed by atoms with E-state index in [0.717, 1.165) is 50.4 Å². The Bertz CT molecular complexity index is 387. The number of benzene rings is 1. The Morgan fingerprint density at radius 1 is 1.17 bits per heavy atom. The van der Waals surface area contributed by atoms with Gasteiger partial charge in [0.1, 0.15) is 0 Å². The Balaban J connectivity index is 1.85. The summed E-state index contributed by atoms with van der Waals surface area (Å²) in [5, 5.41) is 0. The third-order valence-corrected chi connectivity index (χ3v) is 3.67. The average Bonchev–Trinajstić information content (AvgIpc) is 2.37. The summed E-state index contributed by atoms with van der Waals surface area (Å²) in [4.78, 5) is 2.29. The fourth-order valence-electron chi connectivity index (χ4n) is 2.57. The summed E-state index contributed by atoms with van der Waals surface area (Å²) in [7, 11) is 0. The zero-order valence-electron chi connectivity index (χ0n) is 10.5. The van der Waals surface area contributed by atoms with Crippen LogP contribution in [-0.2, 0) is 6.54 Å². The van der Waals surface area contributed by atoms with E-state index in [-0.39, 0.29) is 0 Å². The van der Waals surface area contributed by atoms with Gasteiger partial charge in [0.25, 0.3) is 0 Å². The van der Waals surface area contributed by atoms with Crippen molar-refractivity contribution in [1.82, 2.24) is 4.90 Å². The van der Waals surface area contributed by atoms with Gasteiger partial charge in [-0.2, -0.15) is 0 Å². The highest BCUT2D eigenvalue weighted by Gasteiger charge is 2.18. The number of piperidine rings is 1. The van der Waals surface area contributed by atoms with Crippen LogP contribution in [0.4, 0.5) is 8.78 Å². The minimum atomic E-state index is -0.777. The molecule has 4 heteroatoms. The van der Waals surface area contributed by atoms with Crippen LogP contribution in [0, 0.1) is 17.6 Å². The first kappa shape index (κ1) is 13.4. The maximum Gasteiger partial charge on any atom is 0.159 e. The molecule has 0 radical (unpaired) electrons. The molecular weight excluding hydrogens is 234 g/mol. The smallest absolute Gasteiger partial charge is 0.159 e. The lowest BCUT2D eigenvalue weighted by Crippen LogP contribution is -2.33. The van der Waals surface area contributed by atoms with Crippen molar-refractivity contribution < 1.29 is 8.78 Å². The number of nitrogens with zero attached hydrogens (tertiary/aromatic N) is 1. The van der Waals surface area contributed by atoms with Gasteiger partial charge in [-0.1, -0.05) is 6.07 Å². The van der Waals surface area contributed by atoms with Crippen molar-refractivity contribution >= 4 is 0 Å². The van der Waals surface area contributed by atoms with Gasteiger partial charge in [0.05, 0.1) is 0 Å². The lowest BCUT2D eigenvalue weighted by Gasteiger charge is -2.31. The topological polar surface area (TPSA) is 29.3 Å². The fraction of sp³-hybridized carbons (Fsp3) is 0.571. The van der Waals surface area contributed by atoms with Crippen molar-refractivity contribution in [2.75, 3.05) is 19.6 Å². The Morgan fingerprint density at radius 2 is 1.89 bits per heavy atom. The zero-order valence-corrected chi connectivity index (χ0v) is 10.5. The molecule has 100 valence electrons. The first-order valence-corrected chi connectivity index (χ1v) is 6.55. The molecule has 0 saturated carbocycles. The molecule has 0 amide bonds. The molecular formula is C14H20F2N2. The molecule has 0 aromatic heterocycles. The lowest BCUT2D eigenvalue weighted by molar-refractivity contribution is 0.173. The zero-order chi connectivity index (χ0) is 13.0. The van der Waals surface area contributed by atoms with E-state index < -0.39 is 11.6 Å². The van der Waals surface area contributed by atoms with Crippen LogP contribution in [0.3, 0.4) is 0 Å². The number of rotatable bonds is 4. The summed E-state index contributed by atoms with van der Waals surface area (Å²) in [6.45, 7) is 3.49. The lowest BCUT2D eigenvalue weighted by atomic mass is 9.93. The average molecular weight is 254 g/mol. The second kappa shape index (κ2) is 6.25. The van der Waals surface area contributed by atoms with Crippen LogP contribution in [0.15, 0.2) is 18.2 Å². The third-order valence-electron chi connectivity index (χ3n) is 3.67. The second-order valence-electron chi connectivity index (χ2n) is 5.05. The summed E-state index contributed by atoms with van der Waals surface area (Å²) >= 11 is 0. The number of nitrogens with two attached hydrogens (primary N) is 1. The van der Waals surface area contributed by atoms with Crippen molar-refractivity contribution in [2.24, 2.45) is 11.7 Å². The van der Waals surface area contributed by atoms with Crippen LogP contribution >= 0.6 is 0 Å². The van der Waals surface area contributed by atoms with E-state index >= 15 is 0 Å². The molecule has 0 unspecified atom stereocenters. The van der Waals surface area contributed by atoms with Gasteiger partial charge in [-0.3, -0.25) is 4.90 Å². The monoisotopic (exact) mass is 254 g/mol. The largest absolute Gasteiger partial charge is 0.330 e. The van der Waals surface area contributed by atoms with Crippen LogP contribution in [0.1, 0.15) is 24.8 Å². The summed E-state index contributed by atoms with van der Waals surface area (Å²) in [5.41, 5.74) is 6.40. The van der Waals surface area contributed by atoms with Crippen molar-refractivity contribution in [1.29, 1.82) is 0 Å². The molecule has 2 nitrogen and oxygen atoms in total. The number of likely N-dealkylation sites (tertiary alicyclic amines) is 1. The van der Waals surface area contributed by atoms with Gasteiger partial charge in [-0.25, -0.2) is 8.78 Å². The van der Waals surface area contributed by atoms with Gasteiger partial charge >= 0.3 is 0 Å². The van der Waals surface area contributed by atoms with Crippen LogP contribution in [0.2, 0.25) is 0 Å². The van der Waals surface area contributed by atoms with Gasteiger partial charge < -0.3 is 5.73 Å². The Kier molecular flexibility index (Phi) is 4.66. The molecule has 18 heavy (non-hydrogen) atoms. The van der Waals surface area contributed by atoms with Crippen LogP contribution in [0.5, 0.6) is 0 Å². The molecule has 0 bridgehead atoms. The molecule has 2 rings (SSSR count). The Labute approximate surface area is 107 Å². The normalized spacial score (nSPS) is 18.2. The minimum absolute atomic E-state index is 0.701. The Hall–Kier alpha value is -1.00. The van der Waals surface area contributed by atoms with Gasteiger partial charge in [0.15, 0.2) is 11.6 Å². The van der Waals surface area contributed by atoms with Gasteiger partial charge in [-0.15, -0.1) is 0 Å². The molecule has 0 spiro atoms. The van der Waals surface area contributed by atoms with Crippen LogP contribution in [-0.4, -0.2) is 24.5 Å². The van der Waals surface area contributed by atoms with Gasteiger partial charge in [0.2, 0.25) is 0 Å². The van der Waals surface area contributed by atoms with Gasteiger partial charge in [0, 0.05) is 6.54 Å². The van der Waals surface area contributed by atoms with Crippen LogP contribution in [0.25, 0.3) is 0 Å². The maximum absolute atomic E-state index is 13.1. The Morgan fingerprint density at radius 3 is 2.50 bits per heavy atom. The van der Waals surface area contributed by atoms with Gasteiger partial charge in [-0.05, 0) is 62.5 Å². The van der Waals surface area contributed by atoms with Crippen molar-refractivity contribution in [2.45, 2.75) is 25.8 Å². The standard InChI is InChI=1S/C14H20F2N2/c15-13-2-1-12(9-14(13)16)10-18-7-4-11(3-6-17)5-8-18/h1-2,9,11H,3-8,10,17H2. The molecule has 1 aromatic rings. The van der Waals surface area contributed by atoms with E-state index in [4.69, 9.17) is 5.73 Å². The number of hydrogen-bond donors (Lipinski definition) is 1. The molecule has 1 aromatic carbocycles. The molecule has 0 atom stereocenters. The molecule has 1 heterocycles. The summed E-state index contributed by atoms with van der Waals surface area (Å²) in [5.74, 6) is -0.804. The molecule has 0 aliphatic carbocycles. The fourth-order valence-corrected chi connectivity index (χ4v) is 2.57. The molecule has 1 saturated heterocycles. The number of hydrogen-bond acceptors (Lipinski definition) is 2.